The third-order valence-corrected chi connectivity index (χ3v) is 3.59. The van der Waals surface area contributed by atoms with E-state index in [1.165, 1.54) is 25.0 Å². The highest BCUT2D eigenvalue weighted by Crippen LogP contribution is 2.31. The standard InChI is InChI=1S/C12H21N3/c1-4-13-11-6-5-7-12(11)15-8-14-9(2)10(15)3/h8,11-13H,4-7H2,1-3H3. The van der Waals surface area contributed by atoms with E-state index in [9.17, 15) is 0 Å². The Kier molecular flexibility index (Phi) is 3.10. The van der Waals surface area contributed by atoms with E-state index >= 15 is 0 Å². The predicted octanol–water partition coefficient (Wildman–Crippen LogP) is 2.20. The first-order valence-electron chi connectivity index (χ1n) is 5.97. The minimum Gasteiger partial charge on any atom is -0.330 e. The van der Waals surface area contributed by atoms with E-state index < -0.39 is 0 Å². The molecular formula is C12H21N3. The van der Waals surface area contributed by atoms with Crippen LogP contribution in [0.25, 0.3) is 0 Å². The predicted molar refractivity (Wildman–Crippen MR) is 62.1 cm³/mol. The Balaban J connectivity index is 2.19. The molecule has 2 rings (SSSR count). The minimum atomic E-state index is 0.617. The summed E-state index contributed by atoms with van der Waals surface area (Å²) in [7, 11) is 0. The third-order valence-electron chi connectivity index (χ3n) is 3.59. The van der Waals surface area contributed by atoms with Gasteiger partial charge in [0, 0.05) is 11.7 Å². The number of likely N-dealkylation sites (N-methyl/N-ethyl adjacent to an activating group) is 1. The van der Waals surface area contributed by atoms with E-state index in [4.69, 9.17) is 0 Å². The molecule has 2 atom stereocenters. The molecule has 0 saturated heterocycles. The molecular weight excluding hydrogens is 186 g/mol. The highest BCUT2D eigenvalue weighted by molar-refractivity contribution is 5.11. The highest BCUT2D eigenvalue weighted by atomic mass is 15.1. The lowest BCUT2D eigenvalue weighted by Gasteiger charge is -2.23. The van der Waals surface area contributed by atoms with Crippen molar-refractivity contribution >= 4 is 0 Å². The molecule has 3 nitrogen and oxygen atoms in total. The summed E-state index contributed by atoms with van der Waals surface area (Å²) < 4.78 is 2.36. The van der Waals surface area contributed by atoms with Crippen LogP contribution in [-0.2, 0) is 0 Å². The van der Waals surface area contributed by atoms with Crippen LogP contribution in [0.1, 0.15) is 43.6 Å². The fourth-order valence-electron chi connectivity index (χ4n) is 2.62. The van der Waals surface area contributed by atoms with Crippen molar-refractivity contribution < 1.29 is 0 Å². The van der Waals surface area contributed by atoms with E-state index in [1.807, 2.05) is 6.33 Å². The van der Waals surface area contributed by atoms with Gasteiger partial charge >= 0.3 is 0 Å². The van der Waals surface area contributed by atoms with Crippen LogP contribution in [0.3, 0.4) is 0 Å². The molecule has 1 aromatic heterocycles. The second kappa shape index (κ2) is 4.35. The van der Waals surface area contributed by atoms with Gasteiger partial charge in [-0.1, -0.05) is 6.92 Å². The summed E-state index contributed by atoms with van der Waals surface area (Å²) >= 11 is 0. The van der Waals surface area contributed by atoms with Gasteiger partial charge in [0.05, 0.1) is 18.1 Å². The number of hydrogen-bond acceptors (Lipinski definition) is 2. The molecule has 84 valence electrons. The van der Waals surface area contributed by atoms with E-state index in [-0.39, 0.29) is 0 Å². The van der Waals surface area contributed by atoms with Crippen molar-refractivity contribution in [2.45, 2.75) is 52.1 Å². The lowest BCUT2D eigenvalue weighted by Crippen LogP contribution is -2.33. The highest BCUT2D eigenvalue weighted by Gasteiger charge is 2.28. The Morgan fingerprint density at radius 3 is 2.87 bits per heavy atom. The first-order valence-corrected chi connectivity index (χ1v) is 5.97. The van der Waals surface area contributed by atoms with Gasteiger partial charge in [0.15, 0.2) is 0 Å². The Bertz CT molecular complexity index is 330. The maximum Gasteiger partial charge on any atom is 0.0954 e. The number of nitrogens with zero attached hydrogens (tertiary/aromatic N) is 2. The Hall–Kier alpha value is -0.830. The second-order valence-electron chi connectivity index (χ2n) is 4.49. The maximum absolute atomic E-state index is 4.39. The van der Waals surface area contributed by atoms with Crippen LogP contribution in [0, 0.1) is 13.8 Å². The molecule has 0 radical (unpaired) electrons. The Morgan fingerprint density at radius 1 is 1.47 bits per heavy atom. The number of hydrogen-bond donors (Lipinski definition) is 1. The molecule has 1 saturated carbocycles. The zero-order valence-electron chi connectivity index (χ0n) is 9.95. The van der Waals surface area contributed by atoms with Gasteiger partial charge in [0.2, 0.25) is 0 Å². The van der Waals surface area contributed by atoms with Crippen molar-refractivity contribution in [3.8, 4) is 0 Å². The molecule has 0 amide bonds. The Morgan fingerprint density at radius 2 is 2.27 bits per heavy atom. The quantitative estimate of drug-likeness (QED) is 0.823. The molecule has 0 spiro atoms. The van der Waals surface area contributed by atoms with E-state index in [2.05, 4.69) is 35.6 Å². The SMILES string of the molecule is CCNC1CCCC1n1cnc(C)c1C. The Labute approximate surface area is 91.9 Å². The zero-order valence-corrected chi connectivity index (χ0v) is 9.95. The van der Waals surface area contributed by atoms with E-state index in [0.29, 0.717) is 12.1 Å². The molecule has 1 aliphatic carbocycles. The van der Waals surface area contributed by atoms with Crippen LogP contribution in [-0.4, -0.2) is 22.1 Å². The van der Waals surface area contributed by atoms with Crippen molar-refractivity contribution in [1.29, 1.82) is 0 Å². The van der Waals surface area contributed by atoms with Gasteiger partial charge in [-0.25, -0.2) is 4.98 Å². The van der Waals surface area contributed by atoms with Crippen LogP contribution >= 0.6 is 0 Å². The first-order chi connectivity index (χ1) is 7.24. The maximum atomic E-state index is 4.39. The summed E-state index contributed by atoms with van der Waals surface area (Å²) in [5.41, 5.74) is 2.49. The molecule has 0 aliphatic heterocycles. The molecule has 1 aliphatic rings. The number of nitrogens with one attached hydrogen (secondary N) is 1. The average Bonchev–Trinajstić information content (AvgIpc) is 2.77. The van der Waals surface area contributed by atoms with Crippen LogP contribution < -0.4 is 5.32 Å². The molecule has 1 aromatic rings. The average molecular weight is 207 g/mol. The van der Waals surface area contributed by atoms with Crippen molar-refractivity contribution in [2.24, 2.45) is 0 Å². The topological polar surface area (TPSA) is 29.9 Å². The summed E-state index contributed by atoms with van der Waals surface area (Å²) in [5.74, 6) is 0. The lowest BCUT2D eigenvalue weighted by molar-refractivity contribution is 0.394. The first kappa shape index (κ1) is 10.7. The van der Waals surface area contributed by atoms with E-state index in [1.54, 1.807) is 0 Å². The van der Waals surface area contributed by atoms with Crippen LogP contribution in [0.4, 0.5) is 0 Å². The summed E-state index contributed by atoms with van der Waals surface area (Å²) in [6.45, 7) is 7.50. The van der Waals surface area contributed by atoms with Crippen LogP contribution in [0.5, 0.6) is 0 Å². The van der Waals surface area contributed by atoms with Crippen LogP contribution in [0.2, 0.25) is 0 Å². The van der Waals surface area contributed by atoms with Crippen molar-refractivity contribution in [2.75, 3.05) is 6.54 Å². The van der Waals surface area contributed by atoms with Gasteiger partial charge in [-0.15, -0.1) is 0 Å². The van der Waals surface area contributed by atoms with Gasteiger partial charge in [0.1, 0.15) is 0 Å². The molecule has 15 heavy (non-hydrogen) atoms. The third kappa shape index (κ3) is 1.93. The monoisotopic (exact) mass is 207 g/mol. The molecule has 2 unspecified atom stereocenters. The molecule has 1 fully saturated rings. The van der Waals surface area contributed by atoms with Gasteiger partial charge in [-0.3, -0.25) is 0 Å². The van der Waals surface area contributed by atoms with E-state index in [0.717, 1.165) is 12.2 Å². The molecule has 3 heteroatoms. The zero-order chi connectivity index (χ0) is 10.8. The van der Waals surface area contributed by atoms with Gasteiger partial charge < -0.3 is 9.88 Å². The van der Waals surface area contributed by atoms with Gasteiger partial charge in [-0.05, 0) is 39.7 Å². The number of rotatable bonds is 3. The number of aryl methyl sites for hydroxylation is 1. The second-order valence-corrected chi connectivity index (χ2v) is 4.49. The summed E-state index contributed by atoms with van der Waals surface area (Å²) in [5, 5.41) is 3.58. The van der Waals surface area contributed by atoms with Gasteiger partial charge in [0.25, 0.3) is 0 Å². The van der Waals surface area contributed by atoms with Crippen LogP contribution in [0.15, 0.2) is 6.33 Å². The smallest absolute Gasteiger partial charge is 0.0954 e. The van der Waals surface area contributed by atoms with Crippen molar-refractivity contribution in [1.82, 2.24) is 14.9 Å². The van der Waals surface area contributed by atoms with Gasteiger partial charge in [-0.2, -0.15) is 0 Å². The normalized spacial score (nSPS) is 26.1. The number of imidazole rings is 1. The molecule has 1 heterocycles. The van der Waals surface area contributed by atoms with Crippen molar-refractivity contribution in [3.63, 3.8) is 0 Å². The largest absolute Gasteiger partial charge is 0.330 e. The fraction of sp³-hybridized carbons (Fsp3) is 0.750. The molecule has 1 N–H and O–H groups in total. The van der Waals surface area contributed by atoms with Crippen molar-refractivity contribution in [3.05, 3.63) is 17.7 Å². The summed E-state index contributed by atoms with van der Waals surface area (Å²) in [6, 6.07) is 1.26. The number of aromatic nitrogens is 2. The summed E-state index contributed by atoms with van der Waals surface area (Å²) in [4.78, 5) is 4.39. The molecule has 0 aromatic carbocycles. The molecule has 0 bridgehead atoms. The summed E-state index contributed by atoms with van der Waals surface area (Å²) in [6.07, 6.45) is 5.92. The minimum absolute atomic E-state index is 0.617. The lowest BCUT2D eigenvalue weighted by atomic mass is 10.1. The fourth-order valence-corrected chi connectivity index (χ4v) is 2.62.